The van der Waals surface area contributed by atoms with Gasteiger partial charge in [0.2, 0.25) is 5.91 Å². The minimum absolute atomic E-state index is 0.0722. The van der Waals surface area contributed by atoms with Crippen LogP contribution < -0.4 is 10.1 Å². The number of ether oxygens (including phenoxy) is 2. The van der Waals surface area contributed by atoms with Crippen LogP contribution in [0, 0.1) is 0 Å². The molecule has 1 rings (SSSR count). The Labute approximate surface area is 128 Å². The molecule has 0 radical (unpaired) electrons. The second-order valence-electron chi connectivity index (χ2n) is 4.30. The van der Waals surface area contributed by atoms with Crippen LogP contribution in [0.15, 0.2) is 24.3 Å². The highest BCUT2D eigenvalue weighted by molar-refractivity contribution is 6.32. The van der Waals surface area contributed by atoms with E-state index in [0.29, 0.717) is 23.8 Å². The van der Waals surface area contributed by atoms with Crippen molar-refractivity contribution in [2.45, 2.75) is 18.9 Å². The molecule has 1 aromatic rings. The zero-order valence-electron chi connectivity index (χ0n) is 11.7. The van der Waals surface area contributed by atoms with E-state index in [2.05, 4.69) is 5.32 Å². The van der Waals surface area contributed by atoms with Gasteiger partial charge >= 0.3 is 5.97 Å². The molecule has 0 aliphatic heterocycles. The molecule has 0 fully saturated rings. The third-order valence-electron chi connectivity index (χ3n) is 2.61. The Bertz CT molecular complexity index is 480. The average molecular weight is 316 g/mol. The fraction of sp³-hybridized carbons (Fsp3) is 0.429. The molecule has 0 aromatic heterocycles. The molecule has 2 N–H and O–H groups in total. The molecule has 116 valence electrons. The molecule has 0 aliphatic carbocycles. The fourth-order valence-corrected chi connectivity index (χ4v) is 1.77. The van der Waals surface area contributed by atoms with Crippen LogP contribution in [0.1, 0.15) is 12.8 Å². The molecule has 0 aliphatic rings. The van der Waals surface area contributed by atoms with E-state index in [4.69, 9.17) is 26.2 Å². The highest BCUT2D eigenvalue weighted by atomic mass is 35.5. The number of carbonyl (C=O) groups is 2. The number of amides is 1. The first-order chi connectivity index (χ1) is 10.0. The lowest BCUT2D eigenvalue weighted by molar-refractivity contribution is -0.143. The van der Waals surface area contributed by atoms with Crippen LogP contribution in [-0.2, 0) is 14.3 Å². The van der Waals surface area contributed by atoms with E-state index in [1.54, 1.807) is 24.3 Å². The molecular weight excluding hydrogens is 298 g/mol. The summed E-state index contributed by atoms with van der Waals surface area (Å²) in [4.78, 5) is 22.4. The van der Waals surface area contributed by atoms with Crippen molar-refractivity contribution < 1.29 is 24.2 Å². The van der Waals surface area contributed by atoms with E-state index in [-0.39, 0.29) is 18.9 Å². The second-order valence-corrected chi connectivity index (χ2v) is 4.70. The Kier molecular flexibility index (Phi) is 7.56. The van der Waals surface area contributed by atoms with Gasteiger partial charge in [-0.15, -0.1) is 0 Å². The first-order valence-corrected chi connectivity index (χ1v) is 6.81. The molecule has 0 saturated heterocycles. The maximum Gasteiger partial charge on any atom is 0.328 e. The van der Waals surface area contributed by atoms with Crippen molar-refractivity contribution in [3.05, 3.63) is 29.3 Å². The van der Waals surface area contributed by atoms with E-state index in [9.17, 15) is 9.59 Å². The summed E-state index contributed by atoms with van der Waals surface area (Å²) in [5.74, 6) is -0.929. The molecule has 1 unspecified atom stereocenters. The number of hydrogen-bond acceptors (Lipinski definition) is 4. The molecule has 1 amide bonds. The number of nitrogens with one attached hydrogen (secondary N) is 1. The third kappa shape index (κ3) is 6.46. The lowest BCUT2D eigenvalue weighted by Gasteiger charge is -2.13. The quantitative estimate of drug-likeness (QED) is 0.678. The molecule has 6 nitrogen and oxygen atoms in total. The van der Waals surface area contributed by atoms with Crippen LogP contribution in [0.4, 0.5) is 0 Å². The highest BCUT2D eigenvalue weighted by Gasteiger charge is 2.19. The molecule has 0 saturated carbocycles. The van der Waals surface area contributed by atoms with Crippen molar-refractivity contribution in [3.8, 4) is 5.75 Å². The predicted octanol–water partition coefficient (Wildman–Crippen LogP) is 1.71. The largest absolute Gasteiger partial charge is 0.492 e. The van der Waals surface area contributed by atoms with Gasteiger partial charge in [0.1, 0.15) is 5.75 Å². The van der Waals surface area contributed by atoms with Crippen molar-refractivity contribution in [1.29, 1.82) is 0 Å². The molecule has 0 bridgehead atoms. The Morgan fingerprint density at radius 2 is 2.10 bits per heavy atom. The number of halogens is 1. The SMILES string of the molecule is COCC(NC(=O)CCCOc1ccccc1Cl)C(=O)O. The zero-order chi connectivity index (χ0) is 15.7. The van der Waals surface area contributed by atoms with Gasteiger partial charge in [-0.25, -0.2) is 4.79 Å². The van der Waals surface area contributed by atoms with E-state index in [1.165, 1.54) is 7.11 Å². The molecule has 0 spiro atoms. The van der Waals surface area contributed by atoms with Gasteiger partial charge in [-0.2, -0.15) is 0 Å². The monoisotopic (exact) mass is 315 g/mol. The van der Waals surface area contributed by atoms with Gasteiger partial charge in [0.05, 0.1) is 18.2 Å². The number of methoxy groups -OCH3 is 1. The number of aliphatic carboxylic acids is 1. The van der Waals surface area contributed by atoms with Crippen LogP contribution >= 0.6 is 11.6 Å². The highest BCUT2D eigenvalue weighted by Crippen LogP contribution is 2.23. The standard InChI is InChI=1S/C14H18ClNO5/c1-20-9-11(14(18)19)16-13(17)7-4-8-21-12-6-3-2-5-10(12)15/h2-3,5-6,11H,4,7-9H2,1H3,(H,16,17)(H,18,19). The molecule has 1 aromatic carbocycles. The van der Waals surface area contributed by atoms with Crippen molar-refractivity contribution in [2.75, 3.05) is 20.3 Å². The fourth-order valence-electron chi connectivity index (χ4n) is 1.58. The van der Waals surface area contributed by atoms with E-state index >= 15 is 0 Å². The normalized spacial score (nSPS) is 11.7. The molecule has 21 heavy (non-hydrogen) atoms. The maximum absolute atomic E-state index is 11.6. The van der Waals surface area contributed by atoms with Gasteiger partial charge in [-0.1, -0.05) is 23.7 Å². The van der Waals surface area contributed by atoms with Crippen LogP contribution in [0.5, 0.6) is 5.75 Å². The lowest BCUT2D eigenvalue weighted by atomic mass is 10.2. The summed E-state index contributed by atoms with van der Waals surface area (Å²) in [5, 5.41) is 11.8. The first-order valence-electron chi connectivity index (χ1n) is 6.43. The number of carboxylic acid groups (broad SMARTS) is 1. The minimum Gasteiger partial charge on any atom is -0.492 e. The number of carbonyl (C=O) groups excluding carboxylic acids is 1. The molecule has 0 heterocycles. The lowest BCUT2D eigenvalue weighted by Crippen LogP contribution is -2.43. The van der Waals surface area contributed by atoms with Gasteiger partial charge in [-0.05, 0) is 18.6 Å². The number of para-hydroxylation sites is 1. The van der Waals surface area contributed by atoms with Gasteiger partial charge in [0.15, 0.2) is 6.04 Å². The van der Waals surface area contributed by atoms with Gasteiger partial charge < -0.3 is 19.9 Å². The van der Waals surface area contributed by atoms with Crippen molar-refractivity contribution in [3.63, 3.8) is 0 Å². The molecular formula is C14H18ClNO5. The number of carboxylic acids is 1. The third-order valence-corrected chi connectivity index (χ3v) is 2.92. The van der Waals surface area contributed by atoms with E-state index in [0.717, 1.165) is 0 Å². The number of hydrogen-bond donors (Lipinski definition) is 2. The first kappa shape index (κ1) is 17.3. The summed E-state index contributed by atoms with van der Waals surface area (Å²) in [6, 6.07) is 6.01. The summed E-state index contributed by atoms with van der Waals surface area (Å²) < 4.78 is 10.2. The summed E-state index contributed by atoms with van der Waals surface area (Å²) in [7, 11) is 1.37. The summed E-state index contributed by atoms with van der Waals surface area (Å²) in [5.41, 5.74) is 0. The predicted molar refractivity (Wildman–Crippen MR) is 77.6 cm³/mol. The smallest absolute Gasteiger partial charge is 0.328 e. The summed E-state index contributed by atoms with van der Waals surface area (Å²) >= 11 is 5.92. The van der Waals surface area contributed by atoms with Crippen LogP contribution in [0.3, 0.4) is 0 Å². The topological polar surface area (TPSA) is 84.9 Å². The minimum atomic E-state index is -1.13. The summed E-state index contributed by atoms with van der Waals surface area (Å²) in [6.07, 6.45) is 0.619. The number of benzene rings is 1. The van der Waals surface area contributed by atoms with Crippen LogP contribution in [0.2, 0.25) is 5.02 Å². The average Bonchev–Trinajstić information content (AvgIpc) is 2.44. The molecule has 1 atom stereocenters. The van der Waals surface area contributed by atoms with Crippen molar-refractivity contribution in [1.82, 2.24) is 5.32 Å². The van der Waals surface area contributed by atoms with E-state index < -0.39 is 12.0 Å². The number of rotatable bonds is 9. The van der Waals surface area contributed by atoms with Crippen LogP contribution in [0.25, 0.3) is 0 Å². The Morgan fingerprint density at radius 1 is 1.38 bits per heavy atom. The van der Waals surface area contributed by atoms with Crippen molar-refractivity contribution in [2.24, 2.45) is 0 Å². The van der Waals surface area contributed by atoms with Gasteiger partial charge in [0.25, 0.3) is 0 Å². The molecule has 7 heteroatoms. The zero-order valence-corrected chi connectivity index (χ0v) is 12.4. The van der Waals surface area contributed by atoms with Gasteiger partial charge in [0, 0.05) is 13.5 Å². The van der Waals surface area contributed by atoms with Crippen LogP contribution in [-0.4, -0.2) is 43.3 Å². The Balaban J connectivity index is 2.27. The van der Waals surface area contributed by atoms with E-state index in [1.807, 2.05) is 0 Å². The summed E-state index contributed by atoms with van der Waals surface area (Å²) in [6.45, 7) is 0.246. The Morgan fingerprint density at radius 3 is 2.71 bits per heavy atom. The van der Waals surface area contributed by atoms with Crippen molar-refractivity contribution >= 4 is 23.5 Å². The Hall–Kier alpha value is -1.79. The maximum atomic E-state index is 11.6. The second kappa shape index (κ2) is 9.20. The van der Waals surface area contributed by atoms with Gasteiger partial charge in [-0.3, -0.25) is 4.79 Å².